The number of nitrogens with one attached hydrogen (secondary N) is 1. The number of ether oxygens (including phenoxy) is 1. The third kappa shape index (κ3) is 3.99. The Hall–Kier alpha value is -2.54. The fourth-order valence-electron chi connectivity index (χ4n) is 3.42. The van der Waals surface area contributed by atoms with Gasteiger partial charge < -0.3 is 14.6 Å². The number of carbonyl (C=O) groups is 1. The van der Waals surface area contributed by atoms with E-state index in [2.05, 4.69) is 9.97 Å². The number of benzene rings is 1. The average molecular weight is 359 g/mol. The Morgan fingerprint density at radius 3 is 2.96 bits per heavy atom. The van der Waals surface area contributed by atoms with Crippen molar-refractivity contribution in [1.29, 1.82) is 0 Å². The topological polar surface area (TPSA) is 75.3 Å². The van der Waals surface area contributed by atoms with Crippen LogP contribution in [0, 0.1) is 18.7 Å². The molecule has 2 heterocycles. The van der Waals surface area contributed by atoms with Crippen LogP contribution in [0.3, 0.4) is 0 Å². The van der Waals surface area contributed by atoms with Crippen molar-refractivity contribution in [3.63, 3.8) is 0 Å². The summed E-state index contributed by atoms with van der Waals surface area (Å²) in [7, 11) is 1.61. The van der Waals surface area contributed by atoms with Gasteiger partial charge in [-0.05, 0) is 43.4 Å². The molecule has 0 radical (unpaired) electrons. The highest BCUT2D eigenvalue weighted by Crippen LogP contribution is 2.25. The molecule has 26 heavy (non-hydrogen) atoms. The molecule has 0 aliphatic carbocycles. The summed E-state index contributed by atoms with van der Waals surface area (Å²) in [6.45, 7) is 2.57. The van der Waals surface area contributed by atoms with E-state index >= 15 is 0 Å². The number of nitrogens with zero attached hydrogens (tertiary/aromatic N) is 2. The lowest BCUT2D eigenvalue weighted by Crippen LogP contribution is -2.49. The van der Waals surface area contributed by atoms with E-state index in [-0.39, 0.29) is 29.3 Å². The molecule has 1 fully saturated rings. The summed E-state index contributed by atoms with van der Waals surface area (Å²) >= 11 is 0. The Morgan fingerprint density at radius 1 is 1.46 bits per heavy atom. The summed E-state index contributed by atoms with van der Waals surface area (Å²) in [6.07, 6.45) is 2.55. The number of amides is 1. The van der Waals surface area contributed by atoms with E-state index in [1.165, 1.54) is 18.3 Å². The van der Waals surface area contributed by atoms with E-state index in [4.69, 9.17) is 4.74 Å². The Labute approximate surface area is 151 Å². The lowest BCUT2D eigenvalue weighted by molar-refractivity contribution is -0.00705. The Morgan fingerprint density at radius 2 is 2.27 bits per heavy atom. The summed E-state index contributed by atoms with van der Waals surface area (Å²) in [4.78, 5) is 32.8. The van der Waals surface area contributed by atoms with Crippen molar-refractivity contribution < 1.29 is 13.9 Å². The summed E-state index contributed by atoms with van der Waals surface area (Å²) in [5, 5.41) is 0. The number of hydrogen-bond donors (Lipinski definition) is 1. The molecule has 2 aromatic rings. The maximum Gasteiger partial charge on any atom is 0.263 e. The molecule has 0 bridgehead atoms. The second-order valence-corrected chi connectivity index (χ2v) is 6.62. The highest BCUT2D eigenvalue weighted by atomic mass is 19.1. The number of rotatable bonds is 4. The number of H-pyrrole nitrogens is 1. The summed E-state index contributed by atoms with van der Waals surface area (Å²) < 4.78 is 19.0. The normalized spacial score (nSPS) is 20.2. The standard InChI is InChI=1S/C19H22FN3O3/c1-12-21-10-16(18(24)22-12)19(25)23-7-6-14(17(11-23)26-2)8-13-4-3-5-15(20)9-13/h3-5,9-10,14,17H,6-8,11H2,1-2H3,(H,21,22,24)/t14-,17-/m1/s1. The minimum absolute atomic E-state index is 0.0361. The maximum atomic E-state index is 13.4. The molecule has 1 aliphatic rings. The van der Waals surface area contributed by atoms with E-state index < -0.39 is 5.56 Å². The fourth-order valence-corrected chi connectivity index (χ4v) is 3.42. The van der Waals surface area contributed by atoms with Crippen LogP contribution >= 0.6 is 0 Å². The first-order valence-electron chi connectivity index (χ1n) is 8.60. The SMILES string of the molecule is CO[C@@H]1CN(C(=O)c2cnc(C)[nH]c2=O)CC[C@@H]1Cc1cccc(F)c1. The summed E-state index contributed by atoms with van der Waals surface area (Å²) in [6, 6.07) is 6.54. The smallest absolute Gasteiger partial charge is 0.263 e. The second kappa shape index (κ2) is 7.78. The number of likely N-dealkylation sites (tertiary alicyclic amines) is 1. The fraction of sp³-hybridized carbons (Fsp3) is 0.421. The first kappa shape index (κ1) is 18.3. The molecule has 3 rings (SSSR count). The lowest BCUT2D eigenvalue weighted by atomic mass is 9.87. The van der Waals surface area contributed by atoms with Gasteiger partial charge in [0.15, 0.2) is 0 Å². The predicted octanol–water partition coefficient (Wildman–Crippen LogP) is 1.94. The van der Waals surface area contributed by atoms with Crippen molar-refractivity contribution in [2.75, 3.05) is 20.2 Å². The first-order valence-corrected chi connectivity index (χ1v) is 8.60. The van der Waals surface area contributed by atoms with Gasteiger partial charge in [0.1, 0.15) is 17.2 Å². The zero-order chi connectivity index (χ0) is 18.7. The van der Waals surface area contributed by atoms with Crippen molar-refractivity contribution in [2.45, 2.75) is 25.9 Å². The third-order valence-corrected chi connectivity index (χ3v) is 4.83. The van der Waals surface area contributed by atoms with Crippen LogP contribution in [0.25, 0.3) is 0 Å². The molecule has 7 heteroatoms. The molecule has 2 atom stereocenters. The van der Waals surface area contributed by atoms with Crippen LogP contribution in [-0.2, 0) is 11.2 Å². The van der Waals surface area contributed by atoms with E-state index in [0.717, 1.165) is 12.0 Å². The molecule has 1 aromatic heterocycles. The van der Waals surface area contributed by atoms with Gasteiger partial charge >= 0.3 is 0 Å². The van der Waals surface area contributed by atoms with Gasteiger partial charge in [-0.1, -0.05) is 12.1 Å². The van der Waals surface area contributed by atoms with Gasteiger partial charge in [-0.15, -0.1) is 0 Å². The van der Waals surface area contributed by atoms with E-state index in [1.807, 2.05) is 6.07 Å². The van der Waals surface area contributed by atoms with Crippen LogP contribution in [0.5, 0.6) is 0 Å². The Kier molecular flexibility index (Phi) is 5.46. The molecule has 0 saturated carbocycles. The quantitative estimate of drug-likeness (QED) is 0.905. The van der Waals surface area contributed by atoms with Crippen molar-refractivity contribution >= 4 is 5.91 Å². The highest BCUT2D eigenvalue weighted by Gasteiger charge is 2.32. The number of methoxy groups -OCH3 is 1. The zero-order valence-electron chi connectivity index (χ0n) is 14.9. The van der Waals surface area contributed by atoms with Gasteiger partial charge in [-0.3, -0.25) is 9.59 Å². The number of aryl methyl sites for hydroxylation is 1. The summed E-state index contributed by atoms with van der Waals surface area (Å²) in [5.74, 6) is 0.0515. The van der Waals surface area contributed by atoms with Crippen LogP contribution < -0.4 is 5.56 Å². The number of halogens is 1. The molecular formula is C19H22FN3O3. The minimum Gasteiger partial charge on any atom is -0.379 e. The molecule has 1 aliphatic heterocycles. The summed E-state index contributed by atoms with van der Waals surface area (Å²) in [5.41, 5.74) is 0.517. The highest BCUT2D eigenvalue weighted by molar-refractivity contribution is 5.93. The molecule has 1 N–H and O–H groups in total. The zero-order valence-corrected chi connectivity index (χ0v) is 14.9. The number of carbonyl (C=O) groups excluding carboxylic acids is 1. The number of piperidine rings is 1. The molecule has 1 aromatic carbocycles. The van der Waals surface area contributed by atoms with E-state index in [9.17, 15) is 14.0 Å². The monoisotopic (exact) mass is 359 g/mol. The van der Waals surface area contributed by atoms with Gasteiger partial charge in [0.05, 0.1) is 6.10 Å². The Balaban J connectivity index is 1.71. The van der Waals surface area contributed by atoms with Gasteiger partial charge in [-0.25, -0.2) is 9.37 Å². The molecule has 1 amide bonds. The van der Waals surface area contributed by atoms with Crippen LogP contribution in [0.15, 0.2) is 35.3 Å². The molecule has 6 nitrogen and oxygen atoms in total. The minimum atomic E-state index is -0.432. The van der Waals surface area contributed by atoms with Crippen molar-refractivity contribution in [3.8, 4) is 0 Å². The number of aromatic nitrogens is 2. The number of aromatic amines is 1. The average Bonchev–Trinajstić information content (AvgIpc) is 2.61. The van der Waals surface area contributed by atoms with Crippen LogP contribution in [-0.4, -0.2) is 47.1 Å². The van der Waals surface area contributed by atoms with Gasteiger partial charge in [0.2, 0.25) is 0 Å². The van der Waals surface area contributed by atoms with Crippen LogP contribution in [0.1, 0.15) is 28.2 Å². The van der Waals surface area contributed by atoms with Crippen molar-refractivity contribution in [1.82, 2.24) is 14.9 Å². The van der Waals surface area contributed by atoms with Gasteiger partial charge in [-0.2, -0.15) is 0 Å². The molecule has 0 unspecified atom stereocenters. The molecule has 0 spiro atoms. The third-order valence-electron chi connectivity index (χ3n) is 4.83. The van der Waals surface area contributed by atoms with Crippen molar-refractivity contribution in [3.05, 3.63) is 63.6 Å². The van der Waals surface area contributed by atoms with Crippen LogP contribution in [0.2, 0.25) is 0 Å². The van der Waals surface area contributed by atoms with E-state index in [0.29, 0.717) is 25.3 Å². The second-order valence-electron chi connectivity index (χ2n) is 6.62. The first-order chi connectivity index (χ1) is 12.5. The largest absolute Gasteiger partial charge is 0.379 e. The number of hydrogen-bond acceptors (Lipinski definition) is 4. The van der Waals surface area contributed by atoms with E-state index in [1.54, 1.807) is 25.0 Å². The van der Waals surface area contributed by atoms with Gasteiger partial charge in [0.25, 0.3) is 11.5 Å². The van der Waals surface area contributed by atoms with Crippen molar-refractivity contribution in [2.24, 2.45) is 5.92 Å². The lowest BCUT2D eigenvalue weighted by Gasteiger charge is -2.37. The molecule has 1 saturated heterocycles. The molecular weight excluding hydrogens is 337 g/mol. The maximum absolute atomic E-state index is 13.4. The van der Waals surface area contributed by atoms with Crippen LogP contribution in [0.4, 0.5) is 4.39 Å². The predicted molar refractivity (Wildman–Crippen MR) is 94.5 cm³/mol. The Bertz CT molecular complexity index is 852. The molecule has 138 valence electrons. The van der Waals surface area contributed by atoms with Gasteiger partial charge in [0, 0.05) is 26.4 Å².